The molecular formula is C13H12N2O3. The molecule has 0 radical (unpaired) electrons. The van der Waals surface area contributed by atoms with Crippen molar-refractivity contribution in [1.29, 1.82) is 0 Å². The van der Waals surface area contributed by atoms with Crippen LogP contribution in [0.15, 0.2) is 39.9 Å². The summed E-state index contributed by atoms with van der Waals surface area (Å²) in [4.78, 5) is 25.6. The molecule has 92 valence electrons. The minimum Gasteiger partial charge on any atom is -0.346 e. The molecule has 1 aromatic carbocycles. The second-order valence-corrected chi connectivity index (χ2v) is 4.28. The van der Waals surface area contributed by atoms with Crippen molar-refractivity contribution in [2.45, 2.75) is 19.8 Å². The number of ether oxygens (including phenoxy) is 1. The lowest BCUT2D eigenvalue weighted by molar-refractivity contribution is 0.0724. The molecule has 3 rings (SSSR count). The molecule has 0 spiro atoms. The number of nitrogens with zero attached hydrogens (tertiary/aromatic N) is 1. The molecule has 1 unspecified atom stereocenters. The summed E-state index contributed by atoms with van der Waals surface area (Å²) in [6, 6.07) is 9.57. The van der Waals surface area contributed by atoms with Crippen LogP contribution in [0.25, 0.3) is 0 Å². The van der Waals surface area contributed by atoms with E-state index < -0.39 is 5.69 Å². The topological polar surface area (TPSA) is 64.1 Å². The number of benzene rings is 1. The molecule has 0 fully saturated rings. The van der Waals surface area contributed by atoms with Crippen LogP contribution in [0.5, 0.6) is 0 Å². The van der Waals surface area contributed by atoms with E-state index in [-0.39, 0.29) is 18.4 Å². The van der Waals surface area contributed by atoms with E-state index >= 15 is 0 Å². The van der Waals surface area contributed by atoms with Crippen molar-refractivity contribution in [3.8, 4) is 0 Å². The van der Waals surface area contributed by atoms with E-state index in [0.29, 0.717) is 11.3 Å². The molecular weight excluding hydrogens is 232 g/mol. The number of nitrogens with one attached hydrogen (secondary N) is 1. The minimum absolute atomic E-state index is 0.172. The first-order valence-corrected chi connectivity index (χ1v) is 5.68. The van der Waals surface area contributed by atoms with Crippen LogP contribution in [0.2, 0.25) is 0 Å². The summed E-state index contributed by atoms with van der Waals surface area (Å²) in [6.45, 7) is 1.88. The lowest BCUT2D eigenvalue weighted by Crippen LogP contribution is -2.32. The molecule has 1 N–H and O–H groups in total. The highest BCUT2D eigenvalue weighted by molar-refractivity contribution is 5.31. The van der Waals surface area contributed by atoms with Crippen LogP contribution in [0, 0.1) is 6.92 Å². The summed E-state index contributed by atoms with van der Waals surface area (Å²) in [5.41, 5.74) is 1.35. The fourth-order valence-electron chi connectivity index (χ4n) is 2.26. The first-order chi connectivity index (χ1) is 8.68. The van der Waals surface area contributed by atoms with Crippen LogP contribution in [0.4, 0.5) is 0 Å². The van der Waals surface area contributed by atoms with Crippen molar-refractivity contribution < 1.29 is 4.74 Å². The molecule has 1 atom stereocenters. The predicted molar refractivity (Wildman–Crippen MR) is 65.4 cm³/mol. The average molecular weight is 244 g/mol. The number of fused-ring (bicyclic) bond motifs is 1. The third-order valence-electron chi connectivity index (χ3n) is 3.20. The van der Waals surface area contributed by atoms with Gasteiger partial charge in [-0.1, -0.05) is 30.3 Å². The second-order valence-electron chi connectivity index (χ2n) is 4.28. The molecule has 18 heavy (non-hydrogen) atoms. The number of H-pyrrole nitrogens is 1. The number of aromatic amines is 1. The molecule has 0 saturated carbocycles. The molecule has 0 amide bonds. The third-order valence-corrected chi connectivity index (χ3v) is 3.20. The zero-order valence-corrected chi connectivity index (χ0v) is 9.84. The van der Waals surface area contributed by atoms with Gasteiger partial charge in [0, 0.05) is 5.56 Å². The van der Waals surface area contributed by atoms with Gasteiger partial charge in [-0.15, -0.1) is 0 Å². The average Bonchev–Trinajstić information content (AvgIpc) is 2.82. The second kappa shape index (κ2) is 3.96. The van der Waals surface area contributed by atoms with E-state index in [4.69, 9.17) is 4.74 Å². The molecule has 2 heterocycles. The number of aromatic nitrogens is 2. The highest BCUT2D eigenvalue weighted by Gasteiger charge is 2.28. The molecule has 0 saturated heterocycles. The Morgan fingerprint density at radius 2 is 2.00 bits per heavy atom. The van der Waals surface area contributed by atoms with E-state index in [1.807, 2.05) is 30.3 Å². The maximum Gasteiger partial charge on any atom is 0.330 e. The van der Waals surface area contributed by atoms with Crippen LogP contribution in [-0.4, -0.2) is 9.55 Å². The smallest absolute Gasteiger partial charge is 0.330 e. The first kappa shape index (κ1) is 11.0. The molecule has 5 nitrogen and oxygen atoms in total. The van der Waals surface area contributed by atoms with Crippen molar-refractivity contribution in [3.63, 3.8) is 0 Å². The van der Waals surface area contributed by atoms with Crippen molar-refractivity contribution in [3.05, 3.63) is 68.0 Å². The van der Waals surface area contributed by atoms with Gasteiger partial charge in [0.25, 0.3) is 5.56 Å². The van der Waals surface area contributed by atoms with Gasteiger partial charge in [0.05, 0.1) is 5.69 Å². The molecule has 1 aliphatic rings. The van der Waals surface area contributed by atoms with Crippen LogP contribution < -0.4 is 11.2 Å². The maximum absolute atomic E-state index is 11.7. The Morgan fingerprint density at radius 1 is 1.28 bits per heavy atom. The fourth-order valence-corrected chi connectivity index (χ4v) is 2.26. The normalized spacial score (nSPS) is 17.7. The SMILES string of the molecule is Cc1c2n(c(=O)[nH]c1=O)COC2c1ccccc1. The Morgan fingerprint density at radius 3 is 2.72 bits per heavy atom. The summed E-state index contributed by atoms with van der Waals surface area (Å²) < 4.78 is 7.10. The maximum atomic E-state index is 11.7. The zero-order chi connectivity index (χ0) is 12.7. The molecule has 0 aliphatic carbocycles. The Kier molecular flexibility index (Phi) is 2.41. The van der Waals surface area contributed by atoms with Gasteiger partial charge < -0.3 is 4.74 Å². The quantitative estimate of drug-likeness (QED) is 0.811. The van der Waals surface area contributed by atoms with Gasteiger partial charge in [-0.25, -0.2) is 4.79 Å². The molecule has 5 heteroatoms. The van der Waals surface area contributed by atoms with Crippen LogP contribution >= 0.6 is 0 Å². The summed E-state index contributed by atoms with van der Waals surface area (Å²) in [7, 11) is 0. The van der Waals surface area contributed by atoms with Crippen LogP contribution in [0.1, 0.15) is 22.9 Å². The first-order valence-electron chi connectivity index (χ1n) is 5.68. The van der Waals surface area contributed by atoms with Gasteiger partial charge >= 0.3 is 5.69 Å². The Labute approximate surface area is 103 Å². The van der Waals surface area contributed by atoms with Gasteiger partial charge in [-0.05, 0) is 12.5 Å². The van der Waals surface area contributed by atoms with Crippen LogP contribution in [-0.2, 0) is 11.5 Å². The summed E-state index contributed by atoms with van der Waals surface area (Å²) in [5.74, 6) is 0. The van der Waals surface area contributed by atoms with Gasteiger partial charge in [-0.2, -0.15) is 0 Å². The van der Waals surface area contributed by atoms with Crippen molar-refractivity contribution in [1.82, 2.24) is 9.55 Å². The Hall–Kier alpha value is -2.14. The fraction of sp³-hybridized carbons (Fsp3) is 0.231. The monoisotopic (exact) mass is 244 g/mol. The van der Waals surface area contributed by atoms with Gasteiger partial charge in [0.1, 0.15) is 12.8 Å². The van der Waals surface area contributed by atoms with E-state index in [9.17, 15) is 9.59 Å². The lowest BCUT2D eigenvalue weighted by Gasteiger charge is -2.11. The van der Waals surface area contributed by atoms with E-state index in [1.54, 1.807) is 6.92 Å². The van der Waals surface area contributed by atoms with Crippen molar-refractivity contribution in [2.75, 3.05) is 0 Å². The van der Waals surface area contributed by atoms with Gasteiger partial charge in [0.15, 0.2) is 0 Å². The van der Waals surface area contributed by atoms with Gasteiger partial charge in [-0.3, -0.25) is 14.3 Å². The highest BCUT2D eigenvalue weighted by atomic mass is 16.5. The summed E-state index contributed by atoms with van der Waals surface area (Å²) in [6.07, 6.45) is -0.346. The number of rotatable bonds is 1. The summed E-state index contributed by atoms with van der Waals surface area (Å²) in [5, 5.41) is 0. The minimum atomic E-state index is -0.418. The van der Waals surface area contributed by atoms with E-state index in [0.717, 1.165) is 5.56 Å². The molecule has 2 aromatic rings. The predicted octanol–water partition coefficient (Wildman–Crippen LogP) is 0.922. The van der Waals surface area contributed by atoms with Gasteiger partial charge in [0.2, 0.25) is 0 Å². The third kappa shape index (κ3) is 1.52. The van der Waals surface area contributed by atoms with Crippen molar-refractivity contribution >= 4 is 0 Å². The van der Waals surface area contributed by atoms with Crippen molar-refractivity contribution in [2.24, 2.45) is 0 Å². The lowest BCUT2D eigenvalue weighted by atomic mass is 10.0. The van der Waals surface area contributed by atoms with Crippen LogP contribution in [0.3, 0.4) is 0 Å². The molecule has 1 aliphatic heterocycles. The number of hydrogen-bond donors (Lipinski definition) is 1. The largest absolute Gasteiger partial charge is 0.346 e. The summed E-state index contributed by atoms with van der Waals surface area (Å²) >= 11 is 0. The molecule has 1 aromatic heterocycles. The van der Waals surface area contributed by atoms with E-state index in [1.165, 1.54) is 4.57 Å². The number of hydrogen-bond acceptors (Lipinski definition) is 3. The Balaban J connectivity index is 2.24. The zero-order valence-electron chi connectivity index (χ0n) is 9.84. The Bertz CT molecular complexity index is 700. The highest BCUT2D eigenvalue weighted by Crippen LogP contribution is 2.31. The van der Waals surface area contributed by atoms with E-state index in [2.05, 4.69) is 4.98 Å². The standard InChI is InChI=1S/C13H12N2O3/c1-8-10-11(9-5-3-2-4-6-9)18-7-15(10)13(17)14-12(8)16/h2-6,11H,7H2,1H3,(H,14,16,17). The molecule has 0 bridgehead atoms.